The molecule has 1 N–H and O–H groups in total. The Balaban J connectivity index is 2.87. The minimum Gasteiger partial charge on any atom is -0.478 e. The predicted octanol–water partition coefficient (Wildman–Crippen LogP) is 3.48. The Morgan fingerprint density at radius 3 is 2.06 bits per heavy atom. The molecule has 2 nitrogen and oxygen atoms in total. The van der Waals surface area contributed by atoms with Gasteiger partial charge >= 0.3 is 5.97 Å². The maximum absolute atomic E-state index is 13.2. The molecule has 0 radical (unpaired) electrons. The quantitative estimate of drug-likeness (QED) is 0.834. The summed E-state index contributed by atoms with van der Waals surface area (Å²) < 4.78 is 13.2. The van der Waals surface area contributed by atoms with Crippen LogP contribution in [0.5, 0.6) is 0 Å². The van der Waals surface area contributed by atoms with E-state index in [1.165, 1.54) is 12.1 Å². The van der Waals surface area contributed by atoms with Crippen LogP contribution in [-0.4, -0.2) is 11.1 Å². The molecule has 0 atom stereocenters. The molecule has 0 unspecified atom stereocenters. The molecule has 80 valence electrons. The van der Waals surface area contributed by atoms with E-state index < -0.39 is 11.8 Å². The summed E-state index contributed by atoms with van der Waals surface area (Å²) in [6.45, 7) is 3.24. The molecular weight excluding hydrogens is 207 g/mol. The molecule has 16 heavy (non-hydrogen) atoms. The Morgan fingerprint density at radius 2 is 1.56 bits per heavy atom. The number of fused-ring (bicyclic) bond motifs is 1. The first kappa shape index (κ1) is 10.4. The highest BCUT2D eigenvalue weighted by Crippen LogP contribution is 2.27. The molecule has 0 aliphatic rings. The number of carboxylic acid groups (broad SMARTS) is 1. The van der Waals surface area contributed by atoms with Crippen molar-refractivity contribution in [3.8, 4) is 0 Å². The van der Waals surface area contributed by atoms with E-state index in [1.54, 1.807) is 24.3 Å². The lowest BCUT2D eigenvalue weighted by Crippen LogP contribution is -1.98. The minimum absolute atomic E-state index is 0.167. The molecule has 2 rings (SSSR count). The van der Waals surface area contributed by atoms with Crippen LogP contribution in [0.2, 0.25) is 0 Å². The fourth-order valence-electron chi connectivity index (χ4n) is 1.72. The van der Waals surface area contributed by atoms with Crippen LogP contribution < -0.4 is 0 Å². The molecule has 3 heteroatoms. The number of benzene rings is 2. The van der Waals surface area contributed by atoms with Crippen molar-refractivity contribution in [2.75, 3.05) is 0 Å². The maximum Gasteiger partial charge on any atom is 0.336 e. The van der Waals surface area contributed by atoms with E-state index in [1.807, 2.05) is 0 Å². The fourth-order valence-corrected chi connectivity index (χ4v) is 1.72. The third-order valence-electron chi connectivity index (χ3n) is 2.45. The van der Waals surface area contributed by atoms with E-state index in [0.29, 0.717) is 16.3 Å². The standard InChI is InChI=1S/C13H9FO2/c1-8(14)9-6-7-12(13(15)16)11-5-3-2-4-10(9)11/h2-7H,1H2,(H,15,16). The van der Waals surface area contributed by atoms with Gasteiger partial charge in [0.05, 0.1) is 5.56 Å². The minimum atomic E-state index is -1.02. The third-order valence-corrected chi connectivity index (χ3v) is 2.45. The lowest BCUT2D eigenvalue weighted by Gasteiger charge is -2.06. The number of hydrogen-bond acceptors (Lipinski definition) is 1. The number of carboxylic acids is 1. The molecule has 0 aliphatic heterocycles. The number of carbonyl (C=O) groups is 1. The SMILES string of the molecule is C=C(F)c1ccc(C(=O)O)c2ccccc12. The zero-order chi connectivity index (χ0) is 11.7. The Kier molecular flexibility index (Phi) is 2.44. The van der Waals surface area contributed by atoms with E-state index in [-0.39, 0.29) is 5.56 Å². The summed E-state index contributed by atoms with van der Waals surface area (Å²) in [6.07, 6.45) is 0. The molecule has 2 aromatic carbocycles. The normalized spacial score (nSPS) is 10.3. The average Bonchev–Trinajstić information content (AvgIpc) is 2.27. The molecule has 0 amide bonds. The van der Waals surface area contributed by atoms with Crippen molar-refractivity contribution in [3.05, 3.63) is 54.1 Å². The van der Waals surface area contributed by atoms with Gasteiger partial charge in [0, 0.05) is 5.56 Å². The number of rotatable bonds is 2. The highest BCUT2D eigenvalue weighted by molar-refractivity contribution is 6.06. The lowest BCUT2D eigenvalue weighted by molar-refractivity contribution is 0.0699. The summed E-state index contributed by atoms with van der Waals surface area (Å²) in [4.78, 5) is 11.0. The molecule has 0 saturated carbocycles. The van der Waals surface area contributed by atoms with Crippen molar-refractivity contribution in [2.24, 2.45) is 0 Å². The number of halogens is 1. The van der Waals surface area contributed by atoms with E-state index in [2.05, 4.69) is 6.58 Å². The monoisotopic (exact) mass is 216 g/mol. The first-order valence-electron chi connectivity index (χ1n) is 4.71. The van der Waals surface area contributed by atoms with Gasteiger partial charge in [0.25, 0.3) is 0 Å². The zero-order valence-electron chi connectivity index (χ0n) is 8.40. The lowest BCUT2D eigenvalue weighted by atomic mass is 9.99. The van der Waals surface area contributed by atoms with Gasteiger partial charge in [-0.05, 0) is 16.8 Å². The zero-order valence-corrected chi connectivity index (χ0v) is 8.40. The van der Waals surface area contributed by atoms with Crippen molar-refractivity contribution in [1.29, 1.82) is 0 Å². The third kappa shape index (κ3) is 1.56. The van der Waals surface area contributed by atoms with Crippen molar-refractivity contribution in [2.45, 2.75) is 0 Å². The molecule has 0 aliphatic carbocycles. The van der Waals surface area contributed by atoms with Crippen LogP contribution >= 0.6 is 0 Å². The van der Waals surface area contributed by atoms with Crippen LogP contribution in [0.15, 0.2) is 43.0 Å². The topological polar surface area (TPSA) is 37.3 Å². The molecule has 0 bridgehead atoms. The number of aromatic carboxylic acids is 1. The summed E-state index contributed by atoms with van der Waals surface area (Å²) in [5.74, 6) is -1.58. The second-order valence-corrected chi connectivity index (χ2v) is 3.42. The van der Waals surface area contributed by atoms with E-state index in [9.17, 15) is 9.18 Å². The van der Waals surface area contributed by atoms with E-state index in [0.717, 1.165) is 0 Å². The average molecular weight is 216 g/mol. The van der Waals surface area contributed by atoms with Crippen molar-refractivity contribution in [1.82, 2.24) is 0 Å². The first-order valence-corrected chi connectivity index (χ1v) is 4.71. The van der Waals surface area contributed by atoms with Gasteiger partial charge in [-0.2, -0.15) is 0 Å². The molecule has 0 spiro atoms. The van der Waals surface area contributed by atoms with Crippen LogP contribution in [0.4, 0.5) is 4.39 Å². The van der Waals surface area contributed by atoms with Gasteiger partial charge < -0.3 is 5.11 Å². The summed E-state index contributed by atoms with van der Waals surface area (Å²) in [6, 6.07) is 9.63. The fraction of sp³-hybridized carbons (Fsp3) is 0. The second-order valence-electron chi connectivity index (χ2n) is 3.42. The first-order chi connectivity index (χ1) is 7.61. The molecule has 0 aromatic heterocycles. The molecule has 2 aromatic rings. The molecular formula is C13H9FO2. The van der Waals surface area contributed by atoms with Gasteiger partial charge in [-0.1, -0.05) is 36.9 Å². The summed E-state index contributed by atoms with van der Waals surface area (Å²) in [5, 5.41) is 10.1. The van der Waals surface area contributed by atoms with Crippen LogP contribution in [-0.2, 0) is 0 Å². The van der Waals surface area contributed by atoms with E-state index >= 15 is 0 Å². The highest BCUT2D eigenvalue weighted by atomic mass is 19.1. The largest absolute Gasteiger partial charge is 0.478 e. The molecule has 0 fully saturated rings. The van der Waals surface area contributed by atoms with Crippen LogP contribution in [0.1, 0.15) is 15.9 Å². The molecule has 0 heterocycles. The van der Waals surface area contributed by atoms with Crippen LogP contribution in [0.3, 0.4) is 0 Å². The van der Waals surface area contributed by atoms with Crippen molar-refractivity contribution < 1.29 is 14.3 Å². The Labute approximate surface area is 91.6 Å². The second kappa shape index (κ2) is 3.77. The van der Waals surface area contributed by atoms with E-state index in [4.69, 9.17) is 5.11 Å². The van der Waals surface area contributed by atoms with Gasteiger partial charge in [-0.15, -0.1) is 0 Å². The van der Waals surface area contributed by atoms with Crippen LogP contribution in [0.25, 0.3) is 16.6 Å². The van der Waals surface area contributed by atoms with Gasteiger partial charge in [-0.25, -0.2) is 9.18 Å². The predicted molar refractivity (Wildman–Crippen MR) is 61.0 cm³/mol. The summed E-state index contributed by atoms with van der Waals surface area (Å²) in [7, 11) is 0. The van der Waals surface area contributed by atoms with Gasteiger partial charge in [0.2, 0.25) is 0 Å². The van der Waals surface area contributed by atoms with Gasteiger partial charge in [-0.3, -0.25) is 0 Å². The van der Waals surface area contributed by atoms with Crippen molar-refractivity contribution in [3.63, 3.8) is 0 Å². The molecule has 0 saturated heterocycles. The Bertz CT molecular complexity index is 535. The van der Waals surface area contributed by atoms with Gasteiger partial charge in [0.15, 0.2) is 0 Å². The number of hydrogen-bond donors (Lipinski definition) is 1. The van der Waals surface area contributed by atoms with Crippen molar-refractivity contribution >= 4 is 22.6 Å². The summed E-state index contributed by atoms with van der Waals surface area (Å²) >= 11 is 0. The maximum atomic E-state index is 13.2. The smallest absolute Gasteiger partial charge is 0.336 e. The Morgan fingerprint density at radius 1 is 1.06 bits per heavy atom. The summed E-state index contributed by atoms with van der Waals surface area (Å²) in [5.41, 5.74) is 0.501. The highest BCUT2D eigenvalue weighted by Gasteiger charge is 2.11. The Hall–Kier alpha value is -2.16. The van der Waals surface area contributed by atoms with Gasteiger partial charge in [0.1, 0.15) is 5.83 Å². The van der Waals surface area contributed by atoms with Crippen LogP contribution in [0, 0.1) is 0 Å².